The predicted molar refractivity (Wildman–Crippen MR) is 262 cm³/mol. The fourth-order valence-electron chi connectivity index (χ4n) is 9.94. The van der Waals surface area contributed by atoms with Gasteiger partial charge in [-0.15, -0.1) is 0 Å². The second-order valence-electron chi connectivity index (χ2n) is 19.9. The maximum atomic E-state index is 13.7. The summed E-state index contributed by atoms with van der Waals surface area (Å²) < 4.78 is 12.8. The average molecular weight is 959 g/mol. The van der Waals surface area contributed by atoms with E-state index in [9.17, 15) is 38.7 Å². The zero-order chi connectivity index (χ0) is 50.6. The molecule has 69 heavy (non-hydrogen) atoms. The molecule has 3 aliphatic carbocycles. The highest BCUT2D eigenvalue weighted by atomic mass is 16.7. The summed E-state index contributed by atoms with van der Waals surface area (Å²) in [6.07, 6.45) is 4.09. The molecule has 0 spiro atoms. The minimum atomic E-state index is -1.57. The Hall–Kier alpha value is -5.37. The number of carbonyl (C=O) groups excluding carboxylic acids is 7. The van der Waals surface area contributed by atoms with Crippen molar-refractivity contribution >= 4 is 48.5 Å². The number of hydrogen-bond donors (Lipinski definition) is 9. The van der Waals surface area contributed by atoms with Gasteiger partial charge in [-0.3, -0.25) is 33.6 Å². The molecule has 1 saturated heterocycles. The summed E-state index contributed by atoms with van der Waals surface area (Å²) in [7, 11) is -0.764. The van der Waals surface area contributed by atoms with Crippen LogP contribution in [0.3, 0.4) is 0 Å². The monoisotopic (exact) mass is 959 g/mol. The van der Waals surface area contributed by atoms with Crippen molar-refractivity contribution in [1.29, 1.82) is 0 Å². The molecule has 378 valence electrons. The molecule has 0 radical (unpaired) electrons. The third-order valence-corrected chi connectivity index (χ3v) is 14.4. The van der Waals surface area contributed by atoms with Gasteiger partial charge in [-0.2, -0.15) is 0 Å². The molecular formula is C50H75BN8O10. The summed E-state index contributed by atoms with van der Waals surface area (Å²) in [5.74, 6) is -4.82. The molecule has 2 aromatic rings. The topological polar surface area (TPSA) is 282 Å². The highest BCUT2D eigenvalue weighted by molar-refractivity contribution is 6.47. The number of aryl methyl sites for hydroxylation is 1. The largest absolute Gasteiger partial charge is 0.481 e. The molecule has 4 aliphatic rings. The van der Waals surface area contributed by atoms with Crippen molar-refractivity contribution in [2.45, 2.75) is 167 Å². The summed E-state index contributed by atoms with van der Waals surface area (Å²) in [6, 6.07) is 10.1. The van der Waals surface area contributed by atoms with Gasteiger partial charge in [0, 0.05) is 18.5 Å². The minimum Gasteiger partial charge on any atom is -0.404 e. The summed E-state index contributed by atoms with van der Waals surface area (Å²) in [4.78, 5) is 92.7. The number of unbranched alkanes of at least 4 members (excludes halogenated alkanes) is 2. The molecule has 10 atom stereocenters. The Morgan fingerprint density at radius 2 is 1.41 bits per heavy atom. The van der Waals surface area contributed by atoms with Crippen molar-refractivity contribution in [1.82, 2.24) is 31.9 Å². The van der Waals surface area contributed by atoms with Gasteiger partial charge in [0.15, 0.2) is 0 Å². The van der Waals surface area contributed by atoms with Crippen molar-refractivity contribution in [3.05, 3.63) is 59.7 Å². The number of hydrogen-bond acceptors (Lipinski definition) is 11. The number of aliphatic hydroxyl groups excluding tert-OH is 1. The Morgan fingerprint density at radius 3 is 2.00 bits per heavy atom. The van der Waals surface area contributed by atoms with E-state index in [4.69, 9.17) is 20.8 Å². The standard InChI is InChI=1S/C50H75BN8O10/c1-8-10-13-31-15-17-32(18-16-31)33-19-21-34(22-20-33)44(63)54-25-23-42(62)56-37(14-11-12-24-52)46(65)59-43(29(3)60)48(67)57-36(9-2)45(64)58-38(28-41(53)61)47(66)55-30(4)51-68-40-27-35-26-39(49(35,5)6)50(40,7)69-51/h15-22,29-30,35-40,43,60H,8-14,23-28,52H2,1-7H3,(H2,53,61)(H,54,63)(H,55,66)(H,56,62)(H,57,67)(H,58,64)(H,59,65)/t29?,30-,35-,36-,37-,38-,39-,40+,43-,50-/m0/s1. The van der Waals surface area contributed by atoms with Crippen LogP contribution in [0.15, 0.2) is 48.5 Å². The molecule has 0 aromatic heterocycles. The summed E-state index contributed by atoms with van der Waals surface area (Å²) >= 11 is 0. The van der Waals surface area contributed by atoms with Crippen LogP contribution in [0.2, 0.25) is 0 Å². The van der Waals surface area contributed by atoms with E-state index in [0.29, 0.717) is 36.8 Å². The fourth-order valence-corrected chi connectivity index (χ4v) is 9.94. The zero-order valence-electron chi connectivity index (χ0n) is 41.4. The first kappa shape index (κ1) is 54.6. The van der Waals surface area contributed by atoms with E-state index in [2.05, 4.69) is 83.9 Å². The lowest BCUT2D eigenvalue weighted by Gasteiger charge is -2.64. The Labute approximate surface area is 406 Å². The molecule has 2 aromatic carbocycles. The van der Waals surface area contributed by atoms with E-state index in [1.807, 2.05) is 12.1 Å². The van der Waals surface area contributed by atoms with Crippen molar-refractivity contribution in [2.24, 2.45) is 28.7 Å². The highest BCUT2D eigenvalue weighted by Gasteiger charge is 2.68. The molecule has 4 fully saturated rings. The van der Waals surface area contributed by atoms with Crippen LogP contribution in [0.5, 0.6) is 0 Å². The van der Waals surface area contributed by atoms with E-state index in [-0.39, 0.29) is 43.2 Å². The maximum absolute atomic E-state index is 13.7. The molecule has 1 heterocycles. The predicted octanol–water partition coefficient (Wildman–Crippen LogP) is 2.32. The molecule has 1 unspecified atom stereocenters. The van der Waals surface area contributed by atoms with Gasteiger partial charge in [0.25, 0.3) is 5.91 Å². The number of primary amides is 1. The van der Waals surface area contributed by atoms with Gasteiger partial charge in [-0.05, 0) is 125 Å². The highest BCUT2D eigenvalue weighted by Crippen LogP contribution is 2.65. The molecule has 7 amide bonds. The van der Waals surface area contributed by atoms with Crippen molar-refractivity contribution in [3.63, 3.8) is 0 Å². The zero-order valence-corrected chi connectivity index (χ0v) is 41.4. The maximum Gasteiger partial charge on any atom is 0.481 e. The van der Waals surface area contributed by atoms with Crippen molar-refractivity contribution in [2.75, 3.05) is 13.1 Å². The SMILES string of the molecule is CCCCc1ccc(-c2ccc(C(=O)NCCC(=O)N[C@@H](CCCCN)C(=O)N[C@H](C(=O)N[C@@H](CC)C(=O)N[C@@H](CC(N)=O)C(=O)N[C@@H](C)B3O[C@@H]4C[C@@H]5C[C@@H](C5(C)C)[C@]4(C)O3)C(C)O)cc2)cc1. The Morgan fingerprint density at radius 1 is 0.783 bits per heavy atom. The molecule has 3 saturated carbocycles. The van der Waals surface area contributed by atoms with Gasteiger partial charge < -0.3 is 57.8 Å². The third-order valence-electron chi connectivity index (χ3n) is 14.4. The average Bonchev–Trinajstić information content (AvgIpc) is 3.68. The number of aliphatic hydroxyl groups is 1. The number of nitrogens with one attached hydrogen (secondary N) is 6. The smallest absolute Gasteiger partial charge is 0.404 e. The van der Waals surface area contributed by atoms with Gasteiger partial charge in [-0.25, -0.2) is 0 Å². The summed E-state index contributed by atoms with van der Waals surface area (Å²) in [5, 5.41) is 26.4. The number of benzene rings is 2. The Kier molecular flexibility index (Phi) is 19.3. The van der Waals surface area contributed by atoms with Gasteiger partial charge in [0.05, 0.1) is 30.2 Å². The van der Waals surface area contributed by atoms with Gasteiger partial charge >= 0.3 is 7.12 Å². The first-order valence-electron chi connectivity index (χ1n) is 24.7. The number of rotatable bonds is 26. The quantitative estimate of drug-likeness (QED) is 0.0488. The van der Waals surface area contributed by atoms with Crippen LogP contribution in [0.4, 0.5) is 0 Å². The second-order valence-corrected chi connectivity index (χ2v) is 19.9. The van der Waals surface area contributed by atoms with Crippen LogP contribution in [-0.4, -0.2) is 115 Å². The summed E-state index contributed by atoms with van der Waals surface area (Å²) in [5.41, 5.74) is 14.5. The Bertz CT molecular complexity index is 2120. The molecule has 18 nitrogen and oxygen atoms in total. The van der Waals surface area contributed by atoms with Crippen LogP contribution in [0.25, 0.3) is 11.1 Å². The minimum absolute atomic E-state index is 0.0223. The first-order valence-corrected chi connectivity index (χ1v) is 24.7. The van der Waals surface area contributed by atoms with Crippen molar-refractivity contribution < 1.29 is 48.0 Å². The van der Waals surface area contributed by atoms with E-state index in [0.717, 1.165) is 43.2 Å². The lowest BCUT2D eigenvalue weighted by Crippen LogP contribution is -2.65. The second kappa shape index (κ2) is 24.5. The lowest BCUT2D eigenvalue weighted by molar-refractivity contribution is -0.199. The molecule has 2 bridgehead atoms. The van der Waals surface area contributed by atoms with Crippen LogP contribution in [0.1, 0.15) is 129 Å². The van der Waals surface area contributed by atoms with Crippen LogP contribution in [-0.2, 0) is 44.5 Å². The van der Waals surface area contributed by atoms with Gasteiger partial charge in [0.2, 0.25) is 35.4 Å². The Balaban J connectivity index is 1.12. The molecule has 19 heteroatoms. The lowest BCUT2D eigenvalue weighted by atomic mass is 9.43. The third kappa shape index (κ3) is 13.9. The normalized spacial score (nSPS) is 22.5. The van der Waals surface area contributed by atoms with E-state index >= 15 is 0 Å². The molecule has 6 rings (SSSR count). The number of carbonyl (C=O) groups is 7. The van der Waals surface area contributed by atoms with Crippen LogP contribution >= 0.6 is 0 Å². The first-order chi connectivity index (χ1) is 32.7. The summed E-state index contributed by atoms with van der Waals surface area (Å²) in [6.45, 7) is 13.6. The van der Waals surface area contributed by atoms with Gasteiger partial charge in [-0.1, -0.05) is 70.5 Å². The number of nitrogens with two attached hydrogens (primary N) is 2. The van der Waals surface area contributed by atoms with Gasteiger partial charge in [0.1, 0.15) is 24.2 Å². The molecule has 11 N–H and O–H groups in total. The molecular weight excluding hydrogens is 883 g/mol. The van der Waals surface area contributed by atoms with Crippen molar-refractivity contribution in [3.8, 4) is 11.1 Å². The van der Waals surface area contributed by atoms with Crippen LogP contribution < -0.4 is 43.4 Å². The van der Waals surface area contributed by atoms with Crippen LogP contribution in [0, 0.1) is 17.3 Å². The van der Waals surface area contributed by atoms with E-state index < -0.39 is 90.8 Å². The van der Waals surface area contributed by atoms with E-state index in [1.54, 1.807) is 26.0 Å². The molecule has 1 aliphatic heterocycles. The fraction of sp³-hybridized carbons (Fsp3) is 0.620. The number of amides is 7. The van der Waals surface area contributed by atoms with E-state index in [1.165, 1.54) is 12.5 Å².